The molecule has 0 aliphatic carbocycles. The molecule has 1 aliphatic rings. The molecule has 122 valence electrons. The number of para-hydroxylation sites is 1. The van der Waals surface area contributed by atoms with Gasteiger partial charge in [-0.05, 0) is 36.7 Å². The highest BCUT2D eigenvalue weighted by Gasteiger charge is 2.25. The smallest absolute Gasteiger partial charge is 0.123 e. The van der Waals surface area contributed by atoms with E-state index in [0.717, 1.165) is 49.5 Å². The lowest BCUT2D eigenvalue weighted by atomic mass is 9.95. The van der Waals surface area contributed by atoms with Crippen LogP contribution in [0.3, 0.4) is 0 Å². The van der Waals surface area contributed by atoms with E-state index in [2.05, 4.69) is 16.3 Å². The third kappa shape index (κ3) is 3.71. The largest absolute Gasteiger partial charge is 0.496 e. The first-order valence-electron chi connectivity index (χ1n) is 8.13. The first-order valence-corrected chi connectivity index (χ1v) is 8.13. The number of nitrogens with one attached hydrogen (secondary N) is 1. The van der Waals surface area contributed by atoms with Crippen molar-refractivity contribution >= 4 is 0 Å². The van der Waals surface area contributed by atoms with Gasteiger partial charge in [0.1, 0.15) is 11.6 Å². The zero-order chi connectivity index (χ0) is 16.1. The van der Waals surface area contributed by atoms with Crippen LogP contribution in [-0.2, 0) is 0 Å². The van der Waals surface area contributed by atoms with Crippen molar-refractivity contribution in [3.63, 3.8) is 0 Å². The Morgan fingerprint density at radius 3 is 2.78 bits per heavy atom. The van der Waals surface area contributed by atoms with Crippen LogP contribution in [-0.4, -0.2) is 38.2 Å². The molecule has 1 heterocycles. The molecule has 1 atom stereocenters. The molecule has 1 fully saturated rings. The van der Waals surface area contributed by atoms with Crippen LogP contribution in [0.25, 0.3) is 0 Å². The van der Waals surface area contributed by atoms with Gasteiger partial charge in [0.15, 0.2) is 0 Å². The zero-order valence-corrected chi connectivity index (χ0v) is 13.5. The van der Waals surface area contributed by atoms with Gasteiger partial charge in [0.2, 0.25) is 0 Å². The van der Waals surface area contributed by atoms with Crippen LogP contribution in [0.2, 0.25) is 0 Å². The van der Waals surface area contributed by atoms with Gasteiger partial charge in [-0.1, -0.05) is 30.3 Å². The molecule has 0 spiro atoms. The van der Waals surface area contributed by atoms with E-state index in [1.807, 2.05) is 24.3 Å². The van der Waals surface area contributed by atoms with E-state index in [1.165, 1.54) is 6.07 Å². The number of hydrogen-bond acceptors (Lipinski definition) is 3. The molecule has 23 heavy (non-hydrogen) atoms. The van der Waals surface area contributed by atoms with Crippen LogP contribution in [0, 0.1) is 5.82 Å². The van der Waals surface area contributed by atoms with Crippen molar-refractivity contribution in [3.05, 3.63) is 65.5 Å². The van der Waals surface area contributed by atoms with Gasteiger partial charge in [-0.2, -0.15) is 0 Å². The van der Waals surface area contributed by atoms with E-state index in [0.29, 0.717) is 0 Å². The lowest BCUT2D eigenvalue weighted by molar-refractivity contribution is 0.236. The fourth-order valence-electron chi connectivity index (χ4n) is 3.28. The van der Waals surface area contributed by atoms with Gasteiger partial charge in [-0.15, -0.1) is 0 Å². The Morgan fingerprint density at radius 2 is 1.96 bits per heavy atom. The molecule has 2 aromatic rings. The number of ether oxygens (including phenoxy) is 1. The first kappa shape index (κ1) is 16.0. The summed E-state index contributed by atoms with van der Waals surface area (Å²) in [5.41, 5.74) is 2.05. The number of methoxy groups -OCH3 is 1. The summed E-state index contributed by atoms with van der Waals surface area (Å²) in [5, 5.41) is 3.43. The highest BCUT2D eigenvalue weighted by molar-refractivity contribution is 5.41. The lowest BCUT2D eigenvalue weighted by Crippen LogP contribution is -2.33. The number of rotatable bonds is 4. The fourth-order valence-corrected chi connectivity index (χ4v) is 3.28. The Bertz CT molecular complexity index is 639. The predicted octanol–water partition coefficient (Wildman–Crippen LogP) is 3.22. The summed E-state index contributed by atoms with van der Waals surface area (Å²) in [6.45, 7) is 3.88. The van der Waals surface area contributed by atoms with Crippen molar-refractivity contribution in [2.75, 3.05) is 33.3 Å². The molecular weight excluding hydrogens is 291 g/mol. The van der Waals surface area contributed by atoms with E-state index >= 15 is 0 Å². The minimum absolute atomic E-state index is 0.00162. The quantitative estimate of drug-likeness (QED) is 0.938. The van der Waals surface area contributed by atoms with Crippen LogP contribution in [0.15, 0.2) is 48.5 Å². The average Bonchev–Trinajstić information content (AvgIpc) is 2.85. The van der Waals surface area contributed by atoms with Crippen molar-refractivity contribution < 1.29 is 9.13 Å². The lowest BCUT2D eigenvalue weighted by Gasteiger charge is -2.32. The van der Waals surface area contributed by atoms with E-state index in [1.54, 1.807) is 19.2 Å². The van der Waals surface area contributed by atoms with Crippen molar-refractivity contribution in [2.45, 2.75) is 12.5 Å². The van der Waals surface area contributed by atoms with Crippen LogP contribution >= 0.6 is 0 Å². The van der Waals surface area contributed by atoms with Gasteiger partial charge >= 0.3 is 0 Å². The summed E-state index contributed by atoms with van der Waals surface area (Å²) in [7, 11) is 1.69. The molecule has 3 rings (SSSR count). The van der Waals surface area contributed by atoms with Gasteiger partial charge in [-0.3, -0.25) is 4.90 Å². The molecule has 4 heteroatoms. The fraction of sp³-hybridized carbons (Fsp3) is 0.368. The molecular formula is C19H23FN2O. The minimum atomic E-state index is -0.199. The number of hydrogen-bond donors (Lipinski definition) is 1. The van der Waals surface area contributed by atoms with E-state index < -0.39 is 0 Å². The maximum Gasteiger partial charge on any atom is 0.123 e. The van der Waals surface area contributed by atoms with Crippen molar-refractivity contribution in [2.24, 2.45) is 0 Å². The zero-order valence-electron chi connectivity index (χ0n) is 13.5. The summed E-state index contributed by atoms with van der Waals surface area (Å²) in [6, 6.07) is 14.9. The Morgan fingerprint density at radius 1 is 1.09 bits per heavy atom. The average molecular weight is 314 g/mol. The van der Waals surface area contributed by atoms with E-state index in [4.69, 9.17) is 4.74 Å². The minimum Gasteiger partial charge on any atom is -0.496 e. The van der Waals surface area contributed by atoms with Crippen LogP contribution < -0.4 is 10.1 Å². The van der Waals surface area contributed by atoms with E-state index in [-0.39, 0.29) is 11.9 Å². The summed E-state index contributed by atoms with van der Waals surface area (Å²) >= 11 is 0. The van der Waals surface area contributed by atoms with Gasteiger partial charge in [0, 0.05) is 25.2 Å². The second-order valence-electron chi connectivity index (χ2n) is 5.84. The first-order chi connectivity index (χ1) is 11.3. The molecule has 1 aliphatic heterocycles. The molecule has 0 amide bonds. The van der Waals surface area contributed by atoms with Gasteiger partial charge in [0.05, 0.1) is 13.2 Å². The molecule has 0 aromatic heterocycles. The van der Waals surface area contributed by atoms with Crippen molar-refractivity contribution in [1.29, 1.82) is 0 Å². The maximum atomic E-state index is 13.8. The molecule has 1 unspecified atom stereocenters. The standard InChI is InChI=1S/C19H23FN2O/c1-23-18-9-3-2-8-17(18)19(15-6-4-7-16(20)14-15)22-12-5-10-21-11-13-22/h2-4,6-9,14,19,21H,5,10-13H2,1H3. The van der Waals surface area contributed by atoms with Crippen LogP contribution in [0.5, 0.6) is 5.75 Å². The molecule has 0 saturated carbocycles. The predicted molar refractivity (Wildman–Crippen MR) is 90.3 cm³/mol. The second kappa shape index (κ2) is 7.57. The Kier molecular flexibility index (Phi) is 5.26. The molecule has 0 bridgehead atoms. The molecule has 3 nitrogen and oxygen atoms in total. The van der Waals surface area contributed by atoms with E-state index in [9.17, 15) is 4.39 Å². The SMILES string of the molecule is COc1ccccc1C(c1cccc(F)c1)N1CCCNCC1. The second-order valence-corrected chi connectivity index (χ2v) is 5.84. The number of nitrogens with zero attached hydrogens (tertiary/aromatic N) is 1. The highest BCUT2D eigenvalue weighted by Crippen LogP contribution is 2.35. The van der Waals surface area contributed by atoms with Gasteiger partial charge < -0.3 is 10.1 Å². The number of benzene rings is 2. The third-order valence-corrected chi connectivity index (χ3v) is 4.34. The summed E-state index contributed by atoms with van der Waals surface area (Å²) < 4.78 is 19.4. The molecule has 1 N–H and O–H groups in total. The van der Waals surface area contributed by atoms with Gasteiger partial charge in [0.25, 0.3) is 0 Å². The highest BCUT2D eigenvalue weighted by atomic mass is 19.1. The topological polar surface area (TPSA) is 24.5 Å². The Labute approximate surface area is 137 Å². The maximum absolute atomic E-state index is 13.8. The Hall–Kier alpha value is -1.91. The Balaban J connectivity index is 2.05. The summed E-state index contributed by atoms with van der Waals surface area (Å²) in [6.07, 6.45) is 1.08. The molecule has 1 saturated heterocycles. The molecule has 2 aromatic carbocycles. The summed E-state index contributed by atoms with van der Waals surface area (Å²) in [4.78, 5) is 2.41. The summed E-state index contributed by atoms with van der Waals surface area (Å²) in [5.74, 6) is 0.648. The van der Waals surface area contributed by atoms with Crippen molar-refractivity contribution in [1.82, 2.24) is 10.2 Å². The van der Waals surface area contributed by atoms with Crippen LogP contribution in [0.1, 0.15) is 23.6 Å². The third-order valence-electron chi connectivity index (χ3n) is 4.34. The van der Waals surface area contributed by atoms with Crippen molar-refractivity contribution in [3.8, 4) is 5.75 Å². The number of halogens is 1. The normalized spacial score (nSPS) is 17.5. The van der Waals surface area contributed by atoms with Crippen LogP contribution in [0.4, 0.5) is 4.39 Å². The van der Waals surface area contributed by atoms with Gasteiger partial charge in [-0.25, -0.2) is 4.39 Å². The monoisotopic (exact) mass is 314 g/mol. The molecule has 0 radical (unpaired) electrons.